The number of piperidine rings is 1. The minimum Gasteiger partial charge on any atom is -0.381 e. The van der Waals surface area contributed by atoms with Gasteiger partial charge in [-0.25, -0.2) is 9.97 Å². The normalized spacial score (nSPS) is 17.4. The van der Waals surface area contributed by atoms with Gasteiger partial charge in [-0.2, -0.15) is 15.6 Å². The molecule has 4 heterocycles. The van der Waals surface area contributed by atoms with Crippen LogP contribution in [-0.2, 0) is 4.74 Å². The zero-order valence-corrected chi connectivity index (χ0v) is 21.2. The number of rotatable bonds is 7. The first-order chi connectivity index (χ1) is 18.6. The van der Waals surface area contributed by atoms with Crippen molar-refractivity contribution >= 4 is 17.5 Å². The smallest absolute Gasteiger partial charge is 0.253 e. The van der Waals surface area contributed by atoms with Crippen molar-refractivity contribution < 1.29 is 9.53 Å². The molecule has 1 aromatic carbocycles. The quantitative estimate of drug-likeness (QED) is 0.496. The molecule has 10 heteroatoms. The lowest BCUT2D eigenvalue weighted by Gasteiger charge is -2.29. The van der Waals surface area contributed by atoms with Crippen LogP contribution in [0.25, 0.3) is 11.3 Å². The van der Waals surface area contributed by atoms with Crippen LogP contribution in [0, 0.1) is 34.5 Å². The van der Waals surface area contributed by atoms with Crippen molar-refractivity contribution in [2.75, 3.05) is 31.6 Å². The molecule has 5 rings (SSSR count). The fourth-order valence-corrected chi connectivity index (χ4v) is 5.12. The highest BCUT2D eigenvalue weighted by Gasteiger charge is 2.26. The molecule has 0 radical (unpaired) electrons. The van der Waals surface area contributed by atoms with Crippen molar-refractivity contribution in [1.29, 1.82) is 10.5 Å². The molecule has 1 atom stereocenters. The number of likely N-dealkylation sites (tertiary alicyclic amines) is 1. The first kappa shape index (κ1) is 25.4. The summed E-state index contributed by atoms with van der Waals surface area (Å²) in [6, 6.07) is 13.7. The third kappa shape index (κ3) is 5.82. The molecule has 0 aliphatic carbocycles. The Morgan fingerprint density at radius 3 is 2.58 bits per heavy atom. The highest BCUT2D eigenvalue weighted by Crippen LogP contribution is 2.31. The molecule has 2 saturated heterocycles. The second-order valence-electron chi connectivity index (χ2n) is 9.75. The molecule has 1 N–H and O–H groups in total. The predicted molar refractivity (Wildman–Crippen MR) is 140 cm³/mol. The van der Waals surface area contributed by atoms with Crippen LogP contribution >= 0.6 is 0 Å². The maximum absolute atomic E-state index is 12.8. The van der Waals surface area contributed by atoms with Crippen LogP contribution in [0.2, 0.25) is 0 Å². The Morgan fingerprint density at radius 1 is 1.11 bits per heavy atom. The van der Waals surface area contributed by atoms with E-state index < -0.39 is 0 Å². The number of hydrogen-bond donors (Lipinski definition) is 1. The molecular weight excluding hydrogens is 480 g/mol. The van der Waals surface area contributed by atoms with Gasteiger partial charge in [-0.05, 0) is 61.9 Å². The van der Waals surface area contributed by atoms with E-state index in [1.54, 1.807) is 24.5 Å². The number of carbonyl (C=O) groups is 1. The second-order valence-corrected chi connectivity index (χ2v) is 9.75. The van der Waals surface area contributed by atoms with E-state index in [2.05, 4.69) is 32.5 Å². The van der Waals surface area contributed by atoms with Gasteiger partial charge in [-0.15, -0.1) is 0 Å². The van der Waals surface area contributed by atoms with Crippen molar-refractivity contribution in [3.8, 4) is 23.4 Å². The molecule has 2 fully saturated rings. The Bertz CT molecular complexity index is 1330. The van der Waals surface area contributed by atoms with Crippen LogP contribution in [0.4, 0.5) is 11.6 Å². The number of amides is 1. The highest BCUT2D eigenvalue weighted by atomic mass is 16.5. The van der Waals surface area contributed by atoms with Crippen molar-refractivity contribution in [3.05, 3.63) is 54.5 Å². The maximum atomic E-state index is 12.8. The van der Waals surface area contributed by atoms with Gasteiger partial charge in [0, 0.05) is 61.4 Å². The van der Waals surface area contributed by atoms with E-state index in [-0.39, 0.29) is 17.9 Å². The standard InChI is InChI=1S/C28H30N8O2/c29-11-5-26(21-9-15-38-16-10-21)36-19-23(18-32-36)25-6-12-31-28(34-25)33-24-3-1-22(2-4-24)27(37)35-13-7-20(17-30)8-14-35/h1-4,6,12,18-21,26H,5,7-10,13-16H2,(H,31,33,34). The van der Waals surface area contributed by atoms with Gasteiger partial charge in [-0.3, -0.25) is 9.48 Å². The molecule has 10 nitrogen and oxygen atoms in total. The molecule has 38 heavy (non-hydrogen) atoms. The number of ether oxygens (including phenoxy) is 1. The first-order valence-electron chi connectivity index (χ1n) is 13.0. The summed E-state index contributed by atoms with van der Waals surface area (Å²) in [7, 11) is 0. The number of benzene rings is 1. The fraction of sp³-hybridized carbons (Fsp3) is 0.429. The lowest BCUT2D eigenvalue weighted by molar-refractivity contribution is 0.0473. The van der Waals surface area contributed by atoms with Gasteiger partial charge < -0.3 is 15.0 Å². The molecule has 2 aromatic heterocycles. The van der Waals surface area contributed by atoms with Crippen molar-refractivity contribution in [2.45, 2.75) is 38.1 Å². The highest BCUT2D eigenvalue weighted by molar-refractivity contribution is 5.94. The summed E-state index contributed by atoms with van der Waals surface area (Å²) >= 11 is 0. The Labute approximate surface area is 221 Å². The molecular formula is C28H30N8O2. The zero-order chi connectivity index (χ0) is 26.3. The average Bonchev–Trinajstić information content (AvgIpc) is 3.47. The summed E-state index contributed by atoms with van der Waals surface area (Å²) in [5, 5.41) is 26.2. The second kappa shape index (κ2) is 11.8. The van der Waals surface area contributed by atoms with E-state index in [1.807, 2.05) is 34.0 Å². The van der Waals surface area contributed by atoms with Crippen molar-refractivity contribution in [1.82, 2.24) is 24.6 Å². The monoisotopic (exact) mass is 510 g/mol. The molecule has 0 saturated carbocycles. The van der Waals surface area contributed by atoms with Gasteiger partial charge in [-0.1, -0.05) is 0 Å². The Morgan fingerprint density at radius 2 is 1.87 bits per heavy atom. The van der Waals surface area contributed by atoms with Crippen LogP contribution in [-0.4, -0.2) is 56.9 Å². The minimum absolute atomic E-state index is 0.0102. The fourth-order valence-electron chi connectivity index (χ4n) is 5.12. The van der Waals surface area contributed by atoms with E-state index in [0.717, 1.165) is 55.8 Å². The van der Waals surface area contributed by atoms with Gasteiger partial charge in [0.05, 0.1) is 36.5 Å². The van der Waals surface area contributed by atoms with E-state index in [4.69, 9.17) is 10.00 Å². The number of hydrogen-bond acceptors (Lipinski definition) is 8. The van der Waals surface area contributed by atoms with E-state index in [9.17, 15) is 10.1 Å². The summed E-state index contributed by atoms with van der Waals surface area (Å²) in [6.45, 7) is 2.66. The average molecular weight is 511 g/mol. The molecule has 1 amide bonds. The van der Waals surface area contributed by atoms with E-state index in [1.165, 1.54) is 0 Å². The topological polar surface area (TPSA) is 133 Å². The van der Waals surface area contributed by atoms with Crippen molar-refractivity contribution in [2.24, 2.45) is 11.8 Å². The first-order valence-corrected chi connectivity index (χ1v) is 13.0. The van der Waals surface area contributed by atoms with Crippen LogP contribution in [0.5, 0.6) is 0 Å². The summed E-state index contributed by atoms with van der Waals surface area (Å²) in [4.78, 5) is 23.6. The Hall–Kier alpha value is -4.28. The van der Waals surface area contributed by atoms with Gasteiger partial charge in [0.15, 0.2) is 0 Å². The molecule has 1 unspecified atom stereocenters. The number of aromatic nitrogens is 4. The number of nitrogens with zero attached hydrogens (tertiary/aromatic N) is 7. The van der Waals surface area contributed by atoms with Gasteiger partial charge in [0.25, 0.3) is 5.91 Å². The predicted octanol–water partition coefficient (Wildman–Crippen LogP) is 4.34. The van der Waals surface area contributed by atoms with E-state index >= 15 is 0 Å². The SMILES string of the molecule is N#CCC(C1CCOCC1)n1cc(-c2ccnc(Nc3ccc(C(=O)N4CCC(C#N)CC4)cc3)n2)cn1. The lowest BCUT2D eigenvalue weighted by atomic mass is 9.90. The molecule has 194 valence electrons. The minimum atomic E-state index is -0.0151. The summed E-state index contributed by atoms with van der Waals surface area (Å²) in [5.74, 6) is 0.823. The summed E-state index contributed by atoms with van der Waals surface area (Å²) in [6.07, 6.45) is 9.11. The van der Waals surface area contributed by atoms with Crippen LogP contribution < -0.4 is 5.32 Å². The molecule has 3 aromatic rings. The van der Waals surface area contributed by atoms with Gasteiger partial charge in [0.2, 0.25) is 5.95 Å². The van der Waals surface area contributed by atoms with Crippen LogP contribution in [0.15, 0.2) is 48.9 Å². The number of nitriles is 2. The molecule has 2 aliphatic rings. The Kier molecular flexibility index (Phi) is 7.91. The van der Waals surface area contributed by atoms with Gasteiger partial charge >= 0.3 is 0 Å². The number of carbonyl (C=O) groups excluding carboxylic acids is 1. The largest absolute Gasteiger partial charge is 0.381 e. The van der Waals surface area contributed by atoms with E-state index in [0.29, 0.717) is 36.9 Å². The third-order valence-electron chi connectivity index (χ3n) is 7.36. The summed E-state index contributed by atoms with van der Waals surface area (Å²) in [5.41, 5.74) is 2.96. The number of nitrogens with one attached hydrogen (secondary N) is 1. The zero-order valence-electron chi connectivity index (χ0n) is 21.2. The van der Waals surface area contributed by atoms with Crippen molar-refractivity contribution in [3.63, 3.8) is 0 Å². The molecule has 0 spiro atoms. The van der Waals surface area contributed by atoms with Crippen LogP contribution in [0.3, 0.4) is 0 Å². The lowest BCUT2D eigenvalue weighted by Crippen LogP contribution is -2.38. The summed E-state index contributed by atoms with van der Waals surface area (Å²) < 4.78 is 7.38. The van der Waals surface area contributed by atoms with Crippen LogP contribution in [0.1, 0.15) is 48.5 Å². The maximum Gasteiger partial charge on any atom is 0.253 e. The molecule has 0 bridgehead atoms. The molecule has 2 aliphatic heterocycles. The number of anilines is 2. The van der Waals surface area contributed by atoms with Gasteiger partial charge in [0.1, 0.15) is 0 Å². The Balaban J connectivity index is 1.24. The third-order valence-corrected chi connectivity index (χ3v) is 7.36.